The fourth-order valence-electron chi connectivity index (χ4n) is 2.41. The van der Waals surface area contributed by atoms with Gasteiger partial charge < -0.3 is 16.2 Å². The van der Waals surface area contributed by atoms with Crippen molar-refractivity contribution in [1.29, 1.82) is 0 Å². The molecule has 0 atom stereocenters. The molecule has 5 heteroatoms. The van der Waals surface area contributed by atoms with Crippen molar-refractivity contribution in [3.63, 3.8) is 0 Å². The van der Waals surface area contributed by atoms with Crippen LogP contribution in [0.5, 0.6) is 5.75 Å². The molecule has 1 aromatic heterocycles. The van der Waals surface area contributed by atoms with Crippen LogP contribution in [-0.4, -0.2) is 17.1 Å². The van der Waals surface area contributed by atoms with Gasteiger partial charge in [0.2, 0.25) is 0 Å². The Hall–Kier alpha value is -3.08. The minimum Gasteiger partial charge on any atom is -0.497 e. The van der Waals surface area contributed by atoms with Crippen LogP contribution in [0.4, 0.5) is 11.4 Å². The third kappa shape index (κ3) is 2.81. The molecule has 0 saturated heterocycles. The summed E-state index contributed by atoms with van der Waals surface area (Å²) in [7, 11) is 1.64. The molecule has 0 bridgehead atoms. The van der Waals surface area contributed by atoms with Gasteiger partial charge in [-0.05, 0) is 36.8 Å². The summed E-state index contributed by atoms with van der Waals surface area (Å²) < 4.78 is 5.26. The van der Waals surface area contributed by atoms with E-state index in [1.165, 1.54) is 0 Å². The van der Waals surface area contributed by atoms with Crippen molar-refractivity contribution in [3.05, 3.63) is 54.2 Å². The van der Waals surface area contributed by atoms with Crippen molar-refractivity contribution in [2.45, 2.75) is 6.92 Å². The van der Waals surface area contributed by atoms with Gasteiger partial charge in [-0.15, -0.1) is 0 Å². The summed E-state index contributed by atoms with van der Waals surface area (Å²) in [5, 5.41) is 0. The van der Waals surface area contributed by atoms with Gasteiger partial charge in [0.15, 0.2) is 5.82 Å². The summed E-state index contributed by atoms with van der Waals surface area (Å²) in [5.74, 6) is 1.29. The smallest absolute Gasteiger partial charge is 0.163 e. The third-order valence-electron chi connectivity index (χ3n) is 3.74. The SMILES string of the molecule is COc1cccc(-c2ccnc(-c3c(N)ccc(C)c3N)n2)c1. The molecule has 0 unspecified atom stereocenters. The number of hydrogen-bond donors (Lipinski definition) is 2. The highest BCUT2D eigenvalue weighted by molar-refractivity contribution is 5.85. The van der Waals surface area contributed by atoms with Crippen LogP contribution in [0.1, 0.15) is 5.56 Å². The molecule has 0 amide bonds. The van der Waals surface area contributed by atoms with Gasteiger partial charge >= 0.3 is 0 Å². The summed E-state index contributed by atoms with van der Waals surface area (Å²) in [6.07, 6.45) is 1.71. The second kappa shape index (κ2) is 5.96. The standard InChI is InChI=1S/C18H18N4O/c1-11-6-7-14(19)16(17(11)20)18-21-9-8-15(22-18)12-4-3-5-13(10-12)23-2/h3-10H,19-20H2,1-2H3. The van der Waals surface area contributed by atoms with E-state index in [-0.39, 0.29) is 0 Å². The van der Waals surface area contributed by atoms with Crippen LogP contribution in [0.3, 0.4) is 0 Å². The molecule has 23 heavy (non-hydrogen) atoms. The van der Waals surface area contributed by atoms with E-state index in [1.54, 1.807) is 13.3 Å². The monoisotopic (exact) mass is 306 g/mol. The van der Waals surface area contributed by atoms with E-state index in [0.29, 0.717) is 22.8 Å². The van der Waals surface area contributed by atoms with E-state index in [4.69, 9.17) is 16.2 Å². The topological polar surface area (TPSA) is 87.0 Å². The van der Waals surface area contributed by atoms with Gasteiger partial charge in [0, 0.05) is 23.1 Å². The average molecular weight is 306 g/mol. The maximum atomic E-state index is 6.17. The van der Waals surface area contributed by atoms with Crippen LogP contribution < -0.4 is 16.2 Å². The maximum absolute atomic E-state index is 6.17. The minimum atomic E-state index is 0.518. The number of nitrogen functional groups attached to an aromatic ring is 2. The molecular formula is C18H18N4O. The van der Waals surface area contributed by atoms with Gasteiger partial charge in [-0.2, -0.15) is 0 Å². The summed E-state index contributed by atoms with van der Waals surface area (Å²) in [4.78, 5) is 8.96. The highest BCUT2D eigenvalue weighted by Crippen LogP contribution is 2.32. The highest BCUT2D eigenvalue weighted by atomic mass is 16.5. The molecular weight excluding hydrogens is 288 g/mol. The Morgan fingerprint density at radius 1 is 1.04 bits per heavy atom. The number of rotatable bonds is 3. The molecule has 0 radical (unpaired) electrons. The number of methoxy groups -OCH3 is 1. The van der Waals surface area contributed by atoms with Gasteiger partial charge in [-0.1, -0.05) is 18.2 Å². The molecule has 4 N–H and O–H groups in total. The van der Waals surface area contributed by atoms with Gasteiger partial charge in [-0.3, -0.25) is 0 Å². The van der Waals surface area contributed by atoms with Crippen molar-refractivity contribution in [2.24, 2.45) is 0 Å². The lowest BCUT2D eigenvalue weighted by molar-refractivity contribution is 0.415. The molecule has 0 fully saturated rings. The van der Waals surface area contributed by atoms with E-state index < -0.39 is 0 Å². The number of anilines is 2. The number of aromatic nitrogens is 2. The van der Waals surface area contributed by atoms with Crippen LogP contribution in [0.2, 0.25) is 0 Å². The van der Waals surface area contributed by atoms with Crippen molar-refractivity contribution < 1.29 is 4.74 Å². The fraction of sp³-hybridized carbons (Fsp3) is 0.111. The lowest BCUT2D eigenvalue weighted by Crippen LogP contribution is -2.02. The van der Waals surface area contributed by atoms with Gasteiger partial charge in [0.05, 0.1) is 18.4 Å². The molecule has 2 aromatic carbocycles. The number of aryl methyl sites for hydroxylation is 1. The molecule has 0 aliphatic carbocycles. The van der Waals surface area contributed by atoms with E-state index in [9.17, 15) is 0 Å². The Morgan fingerprint density at radius 3 is 2.65 bits per heavy atom. The molecule has 5 nitrogen and oxygen atoms in total. The molecule has 116 valence electrons. The largest absolute Gasteiger partial charge is 0.497 e. The highest BCUT2D eigenvalue weighted by Gasteiger charge is 2.13. The number of benzene rings is 2. The molecule has 0 aliphatic heterocycles. The van der Waals surface area contributed by atoms with E-state index in [0.717, 1.165) is 22.6 Å². The lowest BCUT2D eigenvalue weighted by Gasteiger charge is -2.11. The molecule has 0 saturated carbocycles. The van der Waals surface area contributed by atoms with Crippen LogP contribution >= 0.6 is 0 Å². The summed E-state index contributed by atoms with van der Waals surface area (Å²) >= 11 is 0. The number of nitrogens with two attached hydrogens (primary N) is 2. The zero-order valence-corrected chi connectivity index (χ0v) is 13.1. The van der Waals surface area contributed by atoms with E-state index >= 15 is 0 Å². The van der Waals surface area contributed by atoms with Crippen molar-refractivity contribution in [3.8, 4) is 28.4 Å². The van der Waals surface area contributed by atoms with Gasteiger partial charge in [-0.25, -0.2) is 9.97 Å². The first kappa shape index (κ1) is 14.8. The second-order valence-corrected chi connectivity index (χ2v) is 5.26. The zero-order valence-electron chi connectivity index (χ0n) is 13.1. The van der Waals surface area contributed by atoms with Crippen molar-refractivity contribution >= 4 is 11.4 Å². The van der Waals surface area contributed by atoms with Gasteiger partial charge in [0.25, 0.3) is 0 Å². The minimum absolute atomic E-state index is 0.518. The maximum Gasteiger partial charge on any atom is 0.163 e. The first-order chi connectivity index (χ1) is 11.1. The van der Waals surface area contributed by atoms with Crippen LogP contribution in [0, 0.1) is 6.92 Å². The Labute approximate surface area is 135 Å². The molecule has 0 aliphatic rings. The Balaban J connectivity index is 2.12. The Morgan fingerprint density at radius 2 is 1.87 bits per heavy atom. The molecule has 3 aromatic rings. The Kier molecular flexibility index (Phi) is 3.85. The van der Waals surface area contributed by atoms with Crippen LogP contribution in [0.15, 0.2) is 48.7 Å². The third-order valence-corrected chi connectivity index (χ3v) is 3.74. The molecule has 3 rings (SSSR count). The number of hydrogen-bond acceptors (Lipinski definition) is 5. The molecule has 1 heterocycles. The number of nitrogens with zero attached hydrogens (tertiary/aromatic N) is 2. The number of ether oxygens (including phenoxy) is 1. The second-order valence-electron chi connectivity index (χ2n) is 5.26. The summed E-state index contributed by atoms with van der Waals surface area (Å²) in [5.41, 5.74) is 16.8. The van der Waals surface area contributed by atoms with Gasteiger partial charge in [0.1, 0.15) is 5.75 Å². The first-order valence-corrected chi connectivity index (χ1v) is 7.22. The average Bonchev–Trinajstić information content (AvgIpc) is 2.59. The fourth-order valence-corrected chi connectivity index (χ4v) is 2.41. The van der Waals surface area contributed by atoms with E-state index in [1.807, 2.05) is 49.4 Å². The van der Waals surface area contributed by atoms with Crippen LogP contribution in [0.25, 0.3) is 22.6 Å². The predicted molar refractivity (Wildman–Crippen MR) is 93.0 cm³/mol. The summed E-state index contributed by atoms with van der Waals surface area (Å²) in [6.45, 7) is 1.93. The zero-order chi connectivity index (χ0) is 16.4. The normalized spacial score (nSPS) is 10.5. The first-order valence-electron chi connectivity index (χ1n) is 7.22. The molecule has 0 spiro atoms. The van der Waals surface area contributed by atoms with Crippen molar-refractivity contribution in [2.75, 3.05) is 18.6 Å². The Bertz CT molecular complexity index is 861. The van der Waals surface area contributed by atoms with E-state index in [2.05, 4.69) is 9.97 Å². The van der Waals surface area contributed by atoms with Crippen LogP contribution in [-0.2, 0) is 0 Å². The predicted octanol–water partition coefficient (Wildman–Crippen LogP) is 3.29. The summed E-state index contributed by atoms with van der Waals surface area (Å²) in [6, 6.07) is 13.3. The van der Waals surface area contributed by atoms with Crippen molar-refractivity contribution in [1.82, 2.24) is 9.97 Å². The lowest BCUT2D eigenvalue weighted by atomic mass is 10.0. The quantitative estimate of drug-likeness (QED) is 0.725.